The van der Waals surface area contributed by atoms with Gasteiger partial charge in [-0.2, -0.15) is 0 Å². The molecule has 1 aromatic carbocycles. The van der Waals surface area contributed by atoms with Crippen LogP contribution in [-0.2, 0) is 0 Å². The molecule has 1 N–H and O–H groups in total. The second-order valence-electron chi connectivity index (χ2n) is 5.65. The molecule has 3 rings (SSSR count). The van der Waals surface area contributed by atoms with Crippen molar-refractivity contribution in [2.24, 2.45) is 0 Å². The molecule has 98 valence electrons. The lowest BCUT2D eigenvalue weighted by Crippen LogP contribution is -2.34. The van der Waals surface area contributed by atoms with Crippen LogP contribution in [0.5, 0.6) is 0 Å². The van der Waals surface area contributed by atoms with Crippen LogP contribution >= 0.6 is 11.6 Å². The smallest absolute Gasteiger partial charge is 0.0406 e. The number of nitrogens with one attached hydrogen (secondary N) is 1. The Morgan fingerprint density at radius 1 is 1.22 bits per heavy atom. The van der Waals surface area contributed by atoms with Crippen molar-refractivity contribution >= 4 is 11.6 Å². The number of rotatable bonds is 4. The van der Waals surface area contributed by atoms with E-state index < -0.39 is 0 Å². The van der Waals surface area contributed by atoms with Gasteiger partial charge in [0.05, 0.1) is 0 Å². The van der Waals surface area contributed by atoms with Gasteiger partial charge in [-0.15, -0.1) is 0 Å². The van der Waals surface area contributed by atoms with Crippen LogP contribution in [0.1, 0.15) is 37.8 Å². The van der Waals surface area contributed by atoms with Crippen LogP contribution in [0.2, 0.25) is 5.02 Å². The monoisotopic (exact) mass is 264 g/mol. The molecule has 2 aliphatic rings. The third-order valence-electron chi connectivity index (χ3n) is 4.14. The lowest BCUT2D eigenvalue weighted by molar-refractivity contribution is 0.313. The van der Waals surface area contributed by atoms with Crippen molar-refractivity contribution in [3.05, 3.63) is 34.9 Å². The van der Waals surface area contributed by atoms with E-state index in [1.165, 1.54) is 37.9 Å². The summed E-state index contributed by atoms with van der Waals surface area (Å²) in [6, 6.07) is 10.1. The van der Waals surface area contributed by atoms with E-state index in [2.05, 4.69) is 29.3 Å². The zero-order chi connectivity index (χ0) is 12.5. The van der Waals surface area contributed by atoms with Gasteiger partial charge in [-0.25, -0.2) is 0 Å². The van der Waals surface area contributed by atoms with Gasteiger partial charge in [0.15, 0.2) is 0 Å². The molecule has 1 aromatic rings. The highest BCUT2D eigenvalue weighted by Gasteiger charge is 2.34. The van der Waals surface area contributed by atoms with Crippen molar-refractivity contribution in [1.29, 1.82) is 0 Å². The Hall–Kier alpha value is -0.570. The van der Waals surface area contributed by atoms with E-state index in [-0.39, 0.29) is 0 Å². The lowest BCUT2D eigenvalue weighted by atomic mass is 10.1. The first-order valence-electron chi connectivity index (χ1n) is 6.98. The van der Waals surface area contributed by atoms with Crippen molar-refractivity contribution < 1.29 is 0 Å². The molecule has 1 aliphatic heterocycles. The predicted octanol–water partition coefficient (Wildman–Crippen LogP) is 3.23. The van der Waals surface area contributed by atoms with Crippen LogP contribution in [0.15, 0.2) is 24.3 Å². The molecule has 2 nitrogen and oxygen atoms in total. The average molecular weight is 265 g/mol. The summed E-state index contributed by atoms with van der Waals surface area (Å²) in [5, 5.41) is 4.55. The highest BCUT2D eigenvalue weighted by Crippen LogP contribution is 2.30. The van der Waals surface area contributed by atoms with Gasteiger partial charge < -0.3 is 5.32 Å². The van der Waals surface area contributed by atoms with Crippen LogP contribution in [0, 0.1) is 0 Å². The Morgan fingerprint density at radius 3 is 2.61 bits per heavy atom. The van der Waals surface area contributed by atoms with E-state index in [1.54, 1.807) is 0 Å². The summed E-state index contributed by atoms with van der Waals surface area (Å²) in [6.45, 7) is 4.74. The lowest BCUT2D eigenvalue weighted by Gasteiger charge is -2.20. The van der Waals surface area contributed by atoms with Crippen molar-refractivity contribution in [2.45, 2.75) is 44.3 Å². The van der Waals surface area contributed by atoms with E-state index in [9.17, 15) is 0 Å². The highest BCUT2D eigenvalue weighted by atomic mass is 35.5. The minimum Gasteiger partial charge on any atom is -0.306 e. The van der Waals surface area contributed by atoms with Crippen molar-refractivity contribution in [3.8, 4) is 0 Å². The van der Waals surface area contributed by atoms with E-state index in [0.717, 1.165) is 11.1 Å². The summed E-state index contributed by atoms with van der Waals surface area (Å²) in [5.74, 6) is 0. The Labute approximate surface area is 114 Å². The molecule has 0 amide bonds. The molecular formula is C15H21ClN2. The van der Waals surface area contributed by atoms with Gasteiger partial charge in [-0.05, 0) is 43.9 Å². The minimum absolute atomic E-state index is 0.409. The summed E-state index contributed by atoms with van der Waals surface area (Å²) in [5.41, 5.74) is 1.32. The van der Waals surface area contributed by atoms with Crippen molar-refractivity contribution in [3.63, 3.8) is 0 Å². The molecule has 1 aliphatic carbocycles. The number of hydrogen-bond donors (Lipinski definition) is 1. The van der Waals surface area contributed by atoms with E-state index in [0.29, 0.717) is 12.1 Å². The van der Waals surface area contributed by atoms with Crippen LogP contribution in [0.4, 0.5) is 0 Å². The Morgan fingerprint density at radius 2 is 1.94 bits per heavy atom. The Balaban J connectivity index is 1.54. The van der Waals surface area contributed by atoms with E-state index in [1.807, 2.05) is 12.1 Å². The molecule has 2 atom stereocenters. The van der Waals surface area contributed by atoms with E-state index >= 15 is 0 Å². The third kappa shape index (κ3) is 2.87. The summed E-state index contributed by atoms with van der Waals surface area (Å²) in [6.07, 6.45) is 4.12. The molecule has 2 unspecified atom stereocenters. The second-order valence-corrected chi connectivity index (χ2v) is 6.09. The second kappa shape index (κ2) is 5.20. The van der Waals surface area contributed by atoms with Crippen LogP contribution in [-0.4, -0.2) is 30.1 Å². The molecule has 2 fully saturated rings. The maximum Gasteiger partial charge on any atom is 0.0406 e. The molecule has 0 spiro atoms. The quantitative estimate of drug-likeness (QED) is 0.898. The van der Waals surface area contributed by atoms with E-state index in [4.69, 9.17) is 11.6 Å². The zero-order valence-corrected chi connectivity index (χ0v) is 11.7. The zero-order valence-electron chi connectivity index (χ0n) is 10.9. The fourth-order valence-electron chi connectivity index (χ4n) is 2.90. The maximum atomic E-state index is 5.92. The van der Waals surface area contributed by atoms with Gasteiger partial charge >= 0.3 is 0 Å². The SMILES string of the molecule is CC(NC1CCN(C2CC2)C1)c1ccc(Cl)cc1. The first kappa shape index (κ1) is 12.5. The van der Waals surface area contributed by atoms with Crippen molar-refractivity contribution in [1.82, 2.24) is 10.2 Å². The normalized spacial score (nSPS) is 26.4. The fraction of sp³-hybridized carbons (Fsp3) is 0.600. The molecule has 3 heteroatoms. The van der Waals surface area contributed by atoms with Gasteiger partial charge in [0.1, 0.15) is 0 Å². The fourth-order valence-corrected chi connectivity index (χ4v) is 3.02. The summed E-state index contributed by atoms with van der Waals surface area (Å²) < 4.78 is 0. The molecule has 0 aromatic heterocycles. The molecule has 1 saturated carbocycles. The highest BCUT2D eigenvalue weighted by molar-refractivity contribution is 6.30. The van der Waals surface area contributed by atoms with Gasteiger partial charge in [0, 0.05) is 36.2 Å². The average Bonchev–Trinajstić information content (AvgIpc) is 3.11. The van der Waals surface area contributed by atoms with Crippen LogP contribution in [0.3, 0.4) is 0 Å². The molecule has 1 heterocycles. The number of benzene rings is 1. The third-order valence-corrected chi connectivity index (χ3v) is 4.39. The minimum atomic E-state index is 0.409. The molecular weight excluding hydrogens is 244 g/mol. The first-order chi connectivity index (χ1) is 8.72. The van der Waals surface area contributed by atoms with Gasteiger partial charge in [0.25, 0.3) is 0 Å². The number of hydrogen-bond acceptors (Lipinski definition) is 2. The number of nitrogens with zero attached hydrogens (tertiary/aromatic N) is 1. The van der Waals surface area contributed by atoms with Crippen LogP contribution in [0.25, 0.3) is 0 Å². The molecule has 18 heavy (non-hydrogen) atoms. The molecule has 0 radical (unpaired) electrons. The summed E-state index contributed by atoms with van der Waals surface area (Å²) >= 11 is 5.92. The summed E-state index contributed by atoms with van der Waals surface area (Å²) in [7, 11) is 0. The maximum absolute atomic E-state index is 5.92. The van der Waals surface area contributed by atoms with Gasteiger partial charge in [-0.1, -0.05) is 23.7 Å². The van der Waals surface area contributed by atoms with Crippen LogP contribution < -0.4 is 5.32 Å². The topological polar surface area (TPSA) is 15.3 Å². The largest absolute Gasteiger partial charge is 0.306 e. The van der Waals surface area contributed by atoms with Crippen molar-refractivity contribution in [2.75, 3.05) is 13.1 Å². The summed E-state index contributed by atoms with van der Waals surface area (Å²) in [4.78, 5) is 2.65. The number of likely N-dealkylation sites (tertiary alicyclic amines) is 1. The Bertz CT molecular complexity index is 399. The first-order valence-corrected chi connectivity index (χ1v) is 7.36. The molecule has 1 saturated heterocycles. The molecule has 0 bridgehead atoms. The standard InChI is InChI=1S/C15H21ClN2/c1-11(12-2-4-13(16)5-3-12)17-14-8-9-18(10-14)15-6-7-15/h2-5,11,14-15,17H,6-10H2,1H3. The van der Waals surface area contributed by atoms with Gasteiger partial charge in [-0.3, -0.25) is 4.90 Å². The Kier molecular flexibility index (Phi) is 3.60. The van der Waals surface area contributed by atoms with Gasteiger partial charge in [0.2, 0.25) is 0 Å². The number of halogens is 1. The predicted molar refractivity (Wildman–Crippen MR) is 76.0 cm³/mol.